The Kier molecular flexibility index (Phi) is 6.64. The molecule has 184 valence electrons. The molecule has 1 fully saturated rings. The Balaban J connectivity index is 1.55. The minimum atomic E-state index is -2.21. The van der Waals surface area contributed by atoms with Crippen LogP contribution in [0.2, 0.25) is 5.02 Å². The number of fused-ring (bicyclic) bond motifs is 1. The second-order valence-electron chi connectivity index (χ2n) is 8.29. The van der Waals surface area contributed by atoms with Crippen LogP contribution in [0.15, 0.2) is 48.7 Å². The second-order valence-corrected chi connectivity index (χ2v) is 8.69. The van der Waals surface area contributed by atoms with E-state index in [2.05, 4.69) is 10.6 Å². The summed E-state index contributed by atoms with van der Waals surface area (Å²) in [6.45, 7) is -1.68. The zero-order valence-electron chi connectivity index (χ0n) is 18.3. The molecule has 4 rings (SSSR count). The van der Waals surface area contributed by atoms with Gasteiger partial charge in [0, 0.05) is 30.1 Å². The highest BCUT2D eigenvalue weighted by Gasteiger charge is 2.49. The number of nitrogens with one attached hydrogen (secondary N) is 2. The van der Waals surface area contributed by atoms with Crippen LogP contribution >= 0.6 is 11.6 Å². The Morgan fingerprint density at radius 1 is 1.20 bits per heavy atom. The maximum Gasteiger partial charge on any atom is 0.323 e. The van der Waals surface area contributed by atoms with Gasteiger partial charge in [0.2, 0.25) is 5.91 Å². The molecule has 35 heavy (non-hydrogen) atoms. The highest BCUT2D eigenvalue weighted by Crippen LogP contribution is 2.32. The summed E-state index contributed by atoms with van der Waals surface area (Å²) in [5.41, 5.74) is 3.99. The Morgan fingerprint density at radius 2 is 1.94 bits per heavy atom. The standard InChI is InChI=1S/C23H22ClF2N5O4/c24-15-6-3-4-13(19(15)25)9-28-20(33)18-8-23(26,12-32)11-31(18)22(35)29-16-10-30(21(27)34)17-7-2-1-5-14(16)17/h1-7,10,18,32H,8-9,11-12H2,(H2,27,34)(H,28,33)(H,29,35)/t18-,23-/m0/s1. The van der Waals surface area contributed by atoms with Crippen LogP contribution < -0.4 is 16.4 Å². The highest BCUT2D eigenvalue weighted by molar-refractivity contribution is 6.30. The van der Waals surface area contributed by atoms with Crippen molar-refractivity contribution in [2.75, 3.05) is 18.5 Å². The van der Waals surface area contributed by atoms with Crippen molar-refractivity contribution < 1.29 is 28.3 Å². The maximum absolute atomic E-state index is 15.1. The van der Waals surface area contributed by atoms with Crippen LogP contribution in [-0.4, -0.2) is 57.4 Å². The first kappa shape index (κ1) is 24.4. The Labute approximate surface area is 203 Å². The number of aliphatic hydroxyl groups excluding tert-OH is 1. The first-order valence-electron chi connectivity index (χ1n) is 10.6. The monoisotopic (exact) mass is 505 g/mol. The number of urea groups is 1. The molecule has 1 aliphatic rings. The molecule has 0 saturated carbocycles. The van der Waals surface area contributed by atoms with Crippen molar-refractivity contribution in [2.24, 2.45) is 5.73 Å². The van der Waals surface area contributed by atoms with Crippen molar-refractivity contribution in [2.45, 2.75) is 24.7 Å². The number of para-hydroxylation sites is 1. The van der Waals surface area contributed by atoms with Gasteiger partial charge in [-0.15, -0.1) is 0 Å². The predicted molar refractivity (Wildman–Crippen MR) is 125 cm³/mol. The molecule has 1 aromatic heterocycles. The van der Waals surface area contributed by atoms with Crippen molar-refractivity contribution >= 4 is 46.2 Å². The average molecular weight is 506 g/mol. The minimum absolute atomic E-state index is 0.114. The second kappa shape index (κ2) is 9.51. The number of rotatable bonds is 5. The molecule has 3 aromatic rings. The molecule has 0 bridgehead atoms. The van der Waals surface area contributed by atoms with Crippen LogP contribution in [0.3, 0.4) is 0 Å². The number of nitrogens with two attached hydrogens (primary N) is 1. The first-order chi connectivity index (χ1) is 16.6. The summed E-state index contributed by atoms with van der Waals surface area (Å²) in [4.78, 5) is 38.7. The maximum atomic E-state index is 15.1. The Morgan fingerprint density at radius 3 is 2.66 bits per heavy atom. The number of primary amides is 1. The summed E-state index contributed by atoms with van der Waals surface area (Å²) < 4.78 is 30.3. The lowest BCUT2D eigenvalue weighted by Gasteiger charge is -2.24. The largest absolute Gasteiger partial charge is 0.393 e. The van der Waals surface area contributed by atoms with E-state index in [1.807, 2.05) is 0 Å². The fourth-order valence-corrected chi connectivity index (χ4v) is 4.33. The van der Waals surface area contributed by atoms with E-state index in [-0.39, 0.29) is 22.8 Å². The molecule has 9 nitrogen and oxygen atoms in total. The normalized spacial score (nSPS) is 19.7. The minimum Gasteiger partial charge on any atom is -0.393 e. The van der Waals surface area contributed by atoms with Crippen molar-refractivity contribution in [3.8, 4) is 0 Å². The molecule has 2 heterocycles. The highest BCUT2D eigenvalue weighted by atomic mass is 35.5. The van der Waals surface area contributed by atoms with E-state index >= 15 is 4.39 Å². The molecule has 1 aliphatic heterocycles. The number of hydrogen-bond acceptors (Lipinski definition) is 4. The molecule has 1 saturated heterocycles. The topological polar surface area (TPSA) is 130 Å². The lowest BCUT2D eigenvalue weighted by Crippen LogP contribution is -2.47. The Bertz CT molecular complexity index is 1320. The summed E-state index contributed by atoms with van der Waals surface area (Å²) in [6, 6.07) is 8.12. The van der Waals surface area contributed by atoms with E-state index in [0.717, 1.165) is 9.47 Å². The summed E-state index contributed by atoms with van der Waals surface area (Å²) in [5.74, 6) is -1.43. The van der Waals surface area contributed by atoms with Crippen LogP contribution in [0.25, 0.3) is 10.9 Å². The third kappa shape index (κ3) is 4.77. The van der Waals surface area contributed by atoms with E-state index in [4.69, 9.17) is 17.3 Å². The third-order valence-electron chi connectivity index (χ3n) is 5.91. The lowest BCUT2D eigenvalue weighted by molar-refractivity contribution is -0.124. The van der Waals surface area contributed by atoms with Crippen LogP contribution in [0.4, 0.5) is 24.1 Å². The number of anilines is 1. The van der Waals surface area contributed by atoms with E-state index in [1.54, 1.807) is 24.3 Å². The molecule has 0 radical (unpaired) electrons. The van der Waals surface area contributed by atoms with E-state index < -0.39 is 55.1 Å². The zero-order valence-corrected chi connectivity index (χ0v) is 19.1. The van der Waals surface area contributed by atoms with Gasteiger partial charge in [0.25, 0.3) is 0 Å². The van der Waals surface area contributed by atoms with Gasteiger partial charge in [0.15, 0.2) is 5.67 Å². The molecule has 2 aromatic carbocycles. The van der Waals surface area contributed by atoms with Gasteiger partial charge >= 0.3 is 12.1 Å². The number of amides is 4. The van der Waals surface area contributed by atoms with Gasteiger partial charge in [-0.25, -0.2) is 18.4 Å². The van der Waals surface area contributed by atoms with E-state index in [9.17, 15) is 23.9 Å². The molecular weight excluding hydrogens is 484 g/mol. The lowest BCUT2D eigenvalue weighted by atomic mass is 10.0. The number of nitrogens with zero attached hydrogens (tertiary/aromatic N) is 2. The number of carbonyl (C=O) groups is 3. The van der Waals surface area contributed by atoms with Crippen LogP contribution in [0.1, 0.15) is 12.0 Å². The predicted octanol–water partition coefficient (Wildman–Crippen LogP) is 2.98. The van der Waals surface area contributed by atoms with E-state index in [1.165, 1.54) is 24.4 Å². The van der Waals surface area contributed by atoms with Crippen LogP contribution in [0.5, 0.6) is 0 Å². The number of likely N-dealkylation sites (tertiary alicyclic amines) is 1. The fourth-order valence-electron chi connectivity index (χ4n) is 4.13. The summed E-state index contributed by atoms with van der Waals surface area (Å²) in [6.07, 6.45) is 0.872. The molecular formula is C23H22ClF2N5O4. The SMILES string of the molecule is NC(=O)n1cc(NC(=O)N2C[C@](F)(CO)C[C@H]2C(=O)NCc2cccc(Cl)c2F)c2ccccc21. The molecule has 0 unspecified atom stereocenters. The molecule has 4 amide bonds. The van der Waals surface area contributed by atoms with Crippen molar-refractivity contribution in [3.63, 3.8) is 0 Å². The number of aliphatic hydroxyl groups is 1. The van der Waals surface area contributed by atoms with Crippen molar-refractivity contribution in [1.29, 1.82) is 0 Å². The van der Waals surface area contributed by atoms with Gasteiger partial charge in [0.1, 0.15) is 11.9 Å². The number of hydrogen-bond donors (Lipinski definition) is 4. The average Bonchev–Trinajstić information content (AvgIpc) is 3.39. The van der Waals surface area contributed by atoms with Gasteiger partial charge in [0.05, 0.1) is 29.4 Å². The number of aromatic nitrogens is 1. The zero-order chi connectivity index (χ0) is 25.3. The third-order valence-corrected chi connectivity index (χ3v) is 6.20. The van der Waals surface area contributed by atoms with Gasteiger partial charge < -0.3 is 26.4 Å². The number of carbonyl (C=O) groups excluding carboxylic acids is 3. The smallest absolute Gasteiger partial charge is 0.323 e. The summed E-state index contributed by atoms with van der Waals surface area (Å²) in [7, 11) is 0. The van der Waals surface area contributed by atoms with Gasteiger partial charge in [-0.05, 0) is 12.1 Å². The number of alkyl halides is 1. The fraction of sp³-hybridized carbons (Fsp3) is 0.261. The van der Waals surface area contributed by atoms with Crippen LogP contribution in [0, 0.1) is 5.82 Å². The molecule has 2 atom stereocenters. The van der Waals surface area contributed by atoms with Crippen LogP contribution in [-0.2, 0) is 11.3 Å². The molecule has 0 aliphatic carbocycles. The number of halogens is 3. The van der Waals surface area contributed by atoms with Crippen molar-refractivity contribution in [1.82, 2.24) is 14.8 Å². The van der Waals surface area contributed by atoms with Gasteiger partial charge in [-0.3, -0.25) is 9.36 Å². The summed E-state index contributed by atoms with van der Waals surface area (Å²) in [5, 5.41) is 15.0. The summed E-state index contributed by atoms with van der Waals surface area (Å²) >= 11 is 5.76. The molecule has 5 N–H and O–H groups in total. The van der Waals surface area contributed by atoms with Crippen molar-refractivity contribution in [3.05, 3.63) is 65.1 Å². The number of benzene rings is 2. The Hall–Kier alpha value is -3.70. The van der Waals surface area contributed by atoms with Gasteiger partial charge in [-0.2, -0.15) is 0 Å². The first-order valence-corrected chi connectivity index (χ1v) is 11.0. The quantitative estimate of drug-likeness (QED) is 0.424. The molecule has 0 spiro atoms. The van der Waals surface area contributed by atoms with Gasteiger partial charge in [-0.1, -0.05) is 41.9 Å². The van der Waals surface area contributed by atoms with E-state index in [0.29, 0.717) is 10.9 Å². The molecule has 12 heteroatoms.